The topological polar surface area (TPSA) is 48.3 Å². The number of hydrogen-bond donors (Lipinski definition) is 0. The molecule has 2 rings (SSSR count). The maximum absolute atomic E-state index is 12.5. The highest BCUT2D eigenvalue weighted by molar-refractivity contribution is 5.96. The van der Waals surface area contributed by atoms with Crippen LogP contribution in [0.4, 0.5) is 13.2 Å². The van der Waals surface area contributed by atoms with Crippen molar-refractivity contribution < 1.29 is 22.7 Å². The van der Waals surface area contributed by atoms with E-state index in [9.17, 15) is 22.8 Å². The van der Waals surface area contributed by atoms with Crippen LogP contribution in [0.1, 0.15) is 83.4 Å². The molecule has 0 unspecified atom stereocenters. The van der Waals surface area contributed by atoms with E-state index < -0.39 is 11.8 Å². The number of carbonyl (C=O) groups is 1. The van der Waals surface area contributed by atoms with Gasteiger partial charge in [0.25, 0.3) is 0 Å². The molecule has 0 bridgehead atoms. The number of ketones is 1. The van der Waals surface area contributed by atoms with Crippen LogP contribution in [0, 0.1) is 5.92 Å². The van der Waals surface area contributed by atoms with Gasteiger partial charge in [0.2, 0.25) is 0 Å². The summed E-state index contributed by atoms with van der Waals surface area (Å²) in [4.78, 5) is 24.1. The highest BCUT2D eigenvalue weighted by atomic mass is 19.4. The minimum absolute atomic E-state index is 0.0933. The molecule has 0 saturated carbocycles. The zero-order valence-electron chi connectivity index (χ0n) is 22.0. The second-order valence-corrected chi connectivity index (χ2v) is 8.24. The third-order valence-corrected chi connectivity index (χ3v) is 4.34. The average Bonchev–Trinajstić information content (AvgIpc) is 2.75. The van der Waals surface area contributed by atoms with E-state index in [1.807, 2.05) is 20.8 Å². The highest BCUT2D eigenvalue weighted by Gasteiger charge is 2.31. The van der Waals surface area contributed by atoms with Crippen molar-refractivity contribution in [2.24, 2.45) is 5.92 Å². The lowest BCUT2D eigenvalue weighted by Crippen LogP contribution is -2.19. The number of carbonyl (C=O) groups excluding carboxylic acids is 1. The Balaban J connectivity index is 0.00000174. The minimum atomic E-state index is -4.80. The Hall–Kier alpha value is -3.09. The monoisotopic (exact) mass is 493 g/mol. The standard InChI is InChI=1S/C22H22F3NO3.C4H10.C2H6/c1-5-10-26-13-19(15(4)27)21(28)12-20(26)14(3)18(6-2)16-8-7-9-17(11-16)29-22(23,24)25;1-4(2)3;1-2/h6-9,11-13H,2,5,10H2,1,3-4H3;4H,1-3H3;1-2H3/b18-14-;;. The van der Waals surface area contributed by atoms with Crippen molar-refractivity contribution in [3.63, 3.8) is 0 Å². The number of halogens is 3. The Kier molecular flexibility index (Phi) is 13.7. The number of rotatable bonds is 7. The van der Waals surface area contributed by atoms with Crippen LogP contribution in [-0.4, -0.2) is 16.7 Å². The van der Waals surface area contributed by atoms with Gasteiger partial charge in [0.05, 0.1) is 5.56 Å². The number of pyridine rings is 1. The average molecular weight is 494 g/mol. The number of aryl methyl sites for hydroxylation is 1. The molecule has 1 heterocycles. The fraction of sp³-hybridized carbons (Fsp3) is 0.429. The minimum Gasteiger partial charge on any atom is -0.406 e. The fourth-order valence-corrected chi connectivity index (χ4v) is 3.07. The molecule has 35 heavy (non-hydrogen) atoms. The molecule has 0 amide bonds. The molecule has 0 spiro atoms. The quantitative estimate of drug-likeness (QED) is 0.289. The van der Waals surface area contributed by atoms with Gasteiger partial charge < -0.3 is 9.30 Å². The molecule has 0 aliphatic rings. The van der Waals surface area contributed by atoms with Crippen LogP contribution in [0.2, 0.25) is 0 Å². The normalized spacial score (nSPS) is 11.4. The van der Waals surface area contributed by atoms with Crippen LogP contribution in [0.25, 0.3) is 11.1 Å². The number of aromatic nitrogens is 1. The summed E-state index contributed by atoms with van der Waals surface area (Å²) in [6, 6.07) is 6.93. The van der Waals surface area contributed by atoms with Crippen LogP contribution in [0.3, 0.4) is 0 Å². The van der Waals surface area contributed by atoms with Crippen LogP contribution in [0.15, 0.2) is 54.0 Å². The summed E-state index contributed by atoms with van der Waals surface area (Å²) < 4.78 is 43.4. The second kappa shape index (κ2) is 15.0. The van der Waals surface area contributed by atoms with Gasteiger partial charge in [0.15, 0.2) is 11.2 Å². The summed E-state index contributed by atoms with van der Waals surface area (Å²) in [5, 5.41) is 0. The zero-order valence-corrected chi connectivity index (χ0v) is 22.0. The van der Waals surface area contributed by atoms with Gasteiger partial charge in [-0.05, 0) is 55.0 Å². The number of benzene rings is 1. The lowest BCUT2D eigenvalue weighted by Gasteiger charge is -2.17. The Morgan fingerprint density at radius 1 is 1.14 bits per heavy atom. The van der Waals surface area contributed by atoms with Crippen molar-refractivity contribution in [1.82, 2.24) is 4.57 Å². The van der Waals surface area contributed by atoms with Crippen molar-refractivity contribution in [2.75, 3.05) is 0 Å². The summed E-state index contributed by atoms with van der Waals surface area (Å²) in [5.74, 6) is 0.161. The smallest absolute Gasteiger partial charge is 0.406 e. The zero-order chi connectivity index (χ0) is 27.3. The van der Waals surface area contributed by atoms with E-state index in [-0.39, 0.29) is 17.1 Å². The number of allylic oxidation sites excluding steroid dienone is 3. The van der Waals surface area contributed by atoms with E-state index in [0.29, 0.717) is 28.9 Å². The predicted molar refractivity (Wildman–Crippen MR) is 139 cm³/mol. The molecule has 194 valence electrons. The van der Waals surface area contributed by atoms with Gasteiger partial charge in [-0.25, -0.2) is 0 Å². The third kappa shape index (κ3) is 10.8. The molecule has 0 fully saturated rings. The molecule has 2 aromatic rings. The Bertz CT molecular complexity index is 1060. The predicted octanol–water partition coefficient (Wildman–Crippen LogP) is 8.16. The van der Waals surface area contributed by atoms with E-state index in [2.05, 4.69) is 32.1 Å². The van der Waals surface area contributed by atoms with Crippen molar-refractivity contribution >= 4 is 16.9 Å². The lowest BCUT2D eigenvalue weighted by molar-refractivity contribution is -0.274. The van der Waals surface area contributed by atoms with Crippen LogP contribution in [0.5, 0.6) is 5.75 Å². The number of ether oxygens (including phenoxy) is 1. The van der Waals surface area contributed by atoms with E-state index in [4.69, 9.17) is 0 Å². The molecule has 0 atom stereocenters. The van der Waals surface area contributed by atoms with Crippen molar-refractivity contribution in [3.8, 4) is 5.75 Å². The van der Waals surface area contributed by atoms with Crippen molar-refractivity contribution in [3.05, 3.63) is 76.2 Å². The van der Waals surface area contributed by atoms with Crippen molar-refractivity contribution in [1.29, 1.82) is 0 Å². The van der Waals surface area contributed by atoms with Crippen molar-refractivity contribution in [2.45, 2.75) is 74.7 Å². The Morgan fingerprint density at radius 2 is 1.71 bits per heavy atom. The lowest BCUT2D eigenvalue weighted by atomic mass is 9.97. The molecule has 1 aromatic carbocycles. The second-order valence-electron chi connectivity index (χ2n) is 8.24. The highest BCUT2D eigenvalue weighted by Crippen LogP contribution is 2.31. The SMILES string of the molecule is C=C/C(=C(\C)c1cc(=O)c(C(C)=O)cn1CCC)c1cccc(OC(F)(F)F)c1.CC.CC(C)C. The molecule has 7 heteroatoms. The Labute approximate surface area is 207 Å². The molecular weight excluding hydrogens is 455 g/mol. The van der Waals surface area contributed by atoms with Gasteiger partial charge in [0, 0.05) is 24.5 Å². The molecule has 1 aromatic heterocycles. The first-order valence-corrected chi connectivity index (χ1v) is 11.8. The Morgan fingerprint density at radius 3 is 2.17 bits per heavy atom. The maximum Gasteiger partial charge on any atom is 0.573 e. The number of Topliss-reactive ketones (excluding diaryl/α,β-unsaturated/α-hetero) is 1. The van der Waals surface area contributed by atoms with Crippen LogP contribution >= 0.6 is 0 Å². The van der Waals surface area contributed by atoms with Gasteiger partial charge >= 0.3 is 6.36 Å². The van der Waals surface area contributed by atoms with Gasteiger partial charge in [-0.2, -0.15) is 0 Å². The van der Waals surface area contributed by atoms with E-state index >= 15 is 0 Å². The first-order chi connectivity index (χ1) is 16.3. The van der Waals surface area contributed by atoms with Crippen LogP contribution < -0.4 is 10.2 Å². The molecule has 0 radical (unpaired) electrons. The molecule has 0 N–H and O–H groups in total. The molecule has 4 nitrogen and oxygen atoms in total. The summed E-state index contributed by atoms with van der Waals surface area (Å²) in [5.41, 5.74) is 1.92. The fourth-order valence-electron chi connectivity index (χ4n) is 3.07. The molecular formula is C28H38F3NO3. The first-order valence-electron chi connectivity index (χ1n) is 11.8. The largest absolute Gasteiger partial charge is 0.573 e. The van der Waals surface area contributed by atoms with Gasteiger partial charge in [-0.15, -0.1) is 13.2 Å². The maximum atomic E-state index is 12.5. The summed E-state index contributed by atoms with van der Waals surface area (Å²) in [6.07, 6.45) is -0.993. The number of nitrogens with zero attached hydrogens (tertiary/aromatic N) is 1. The summed E-state index contributed by atoms with van der Waals surface area (Å²) in [6.45, 7) is 19.9. The molecule has 0 aliphatic heterocycles. The van der Waals surface area contributed by atoms with Gasteiger partial charge in [0.1, 0.15) is 5.75 Å². The summed E-state index contributed by atoms with van der Waals surface area (Å²) in [7, 11) is 0. The van der Waals surface area contributed by atoms with E-state index in [0.717, 1.165) is 12.3 Å². The van der Waals surface area contributed by atoms with Crippen LogP contribution in [-0.2, 0) is 6.54 Å². The van der Waals surface area contributed by atoms with E-state index in [1.165, 1.54) is 43.5 Å². The molecule has 0 saturated heterocycles. The third-order valence-electron chi connectivity index (χ3n) is 4.34. The van der Waals surface area contributed by atoms with Gasteiger partial charge in [-0.1, -0.05) is 66.3 Å². The molecule has 0 aliphatic carbocycles. The summed E-state index contributed by atoms with van der Waals surface area (Å²) >= 11 is 0. The van der Waals surface area contributed by atoms with E-state index in [1.54, 1.807) is 17.6 Å². The number of hydrogen-bond acceptors (Lipinski definition) is 3. The first kappa shape index (κ1) is 31.9. The number of alkyl halides is 3. The van der Waals surface area contributed by atoms with Gasteiger partial charge in [-0.3, -0.25) is 9.59 Å².